The fourth-order valence-electron chi connectivity index (χ4n) is 0.552. The molecule has 0 saturated carbocycles. The SMILES string of the molecule is CCOCCNC(=O)OCC. The molecule has 0 aliphatic heterocycles. The minimum atomic E-state index is -0.382. The van der Waals surface area contributed by atoms with Crippen LogP contribution in [0.1, 0.15) is 13.8 Å². The lowest BCUT2D eigenvalue weighted by Gasteiger charge is -2.04. The Morgan fingerprint density at radius 2 is 2.09 bits per heavy atom. The largest absolute Gasteiger partial charge is 0.450 e. The smallest absolute Gasteiger partial charge is 0.407 e. The monoisotopic (exact) mass is 161 g/mol. The van der Waals surface area contributed by atoms with E-state index in [1.54, 1.807) is 6.92 Å². The molecule has 0 aliphatic rings. The number of carbonyl (C=O) groups excluding carboxylic acids is 1. The Balaban J connectivity index is 3.04. The highest BCUT2D eigenvalue weighted by Gasteiger charge is 1.96. The van der Waals surface area contributed by atoms with Gasteiger partial charge in [0.15, 0.2) is 0 Å². The molecule has 0 heterocycles. The molecule has 0 aromatic carbocycles. The number of rotatable bonds is 5. The van der Waals surface area contributed by atoms with Crippen LogP contribution in [0.15, 0.2) is 0 Å². The maximum Gasteiger partial charge on any atom is 0.407 e. The van der Waals surface area contributed by atoms with Crippen molar-refractivity contribution < 1.29 is 14.3 Å². The second kappa shape index (κ2) is 7.34. The van der Waals surface area contributed by atoms with Crippen LogP contribution in [0.5, 0.6) is 0 Å². The third-order valence-electron chi connectivity index (χ3n) is 0.995. The predicted octanol–water partition coefficient (Wildman–Crippen LogP) is 0.769. The van der Waals surface area contributed by atoms with Crippen LogP contribution in [0.3, 0.4) is 0 Å². The van der Waals surface area contributed by atoms with Crippen molar-refractivity contribution >= 4 is 6.09 Å². The van der Waals surface area contributed by atoms with Gasteiger partial charge in [-0.25, -0.2) is 4.79 Å². The maximum absolute atomic E-state index is 10.6. The first-order chi connectivity index (χ1) is 5.31. The molecule has 0 rings (SSSR count). The standard InChI is InChI=1S/C7H15NO3/c1-3-10-6-5-8-7(9)11-4-2/h3-6H2,1-2H3,(H,8,9). The highest BCUT2D eigenvalue weighted by atomic mass is 16.5. The normalized spacial score (nSPS) is 9.27. The molecule has 0 unspecified atom stereocenters. The molecule has 0 aromatic heterocycles. The highest BCUT2D eigenvalue weighted by molar-refractivity contribution is 5.66. The van der Waals surface area contributed by atoms with Gasteiger partial charge < -0.3 is 14.8 Å². The lowest BCUT2D eigenvalue weighted by molar-refractivity contribution is 0.131. The second-order valence-corrected chi connectivity index (χ2v) is 1.84. The molecule has 0 atom stereocenters. The molecular weight excluding hydrogens is 146 g/mol. The highest BCUT2D eigenvalue weighted by Crippen LogP contribution is 1.76. The summed E-state index contributed by atoms with van der Waals surface area (Å²) >= 11 is 0. The van der Waals surface area contributed by atoms with Gasteiger partial charge in [-0.2, -0.15) is 0 Å². The Hall–Kier alpha value is -0.770. The van der Waals surface area contributed by atoms with Gasteiger partial charge in [-0.05, 0) is 13.8 Å². The number of amides is 1. The zero-order valence-corrected chi connectivity index (χ0v) is 7.05. The molecule has 0 saturated heterocycles. The van der Waals surface area contributed by atoms with Gasteiger partial charge in [-0.3, -0.25) is 0 Å². The van der Waals surface area contributed by atoms with Crippen molar-refractivity contribution in [2.45, 2.75) is 13.8 Å². The molecule has 4 nitrogen and oxygen atoms in total. The molecule has 0 spiro atoms. The number of carbonyl (C=O) groups is 1. The van der Waals surface area contributed by atoms with Gasteiger partial charge in [0.1, 0.15) is 0 Å². The van der Waals surface area contributed by atoms with Crippen molar-refractivity contribution in [2.75, 3.05) is 26.4 Å². The Labute approximate surface area is 66.9 Å². The Morgan fingerprint density at radius 1 is 1.36 bits per heavy atom. The van der Waals surface area contributed by atoms with Gasteiger partial charge in [0.25, 0.3) is 0 Å². The summed E-state index contributed by atoms with van der Waals surface area (Å²) in [6.45, 7) is 5.79. The summed E-state index contributed by atoms with van der Waals surface area (Å²) in [5, 5.41) is 2.53. The molecule has 0 fully saturated rings. The third kappa shape index (κ3) is 7.12. The first-order valence-electron chi connectivity index (χ1n) is 3.79. The first-order valence-corrected chi connectivity index (χ1v) is 3.79. The summed E-state index contributed by atoms with van der Waals surface area (Å²) in [5.41, 5.74) is 0. The van der Waals surface area contributed by atoms with Crippen molar-refractivity contribution in [3.05, 3.63) is 0 Å². The Bertz CT molecular complexity index is 106. The Morgan fingerprint density at radius 3 is 2.64 bits per heavy atom. The number of hydrogen-bond donors (Lipinski definition) is 1. The third-order valence-corrected chi connectivity index (χ3v) is 0.995. The van der Waals surface area contributed by atoms with Gasteiger partial charge in [0, 0.05) is 13.2 Å². The quantitative estimate of drug-likeness (QED) is 0.606. The van der Waals surface area contributed by atoms with Gasteiger partial charge in [-0.15, -0.1) is 0 Å². The van der Waals surface area contributed by atoms with E-state index in [4.69, 9.17) is 4.74 Å². The first kappa shape index (κ1) is 10.2. The Kier molecular flexibility index (Phi) is 6.82. The van der Waals surface area contributed by atoms with Crippen LogP contribution in [0.4, 0.5) is 4.79 Å². The lowest BCUT2D eigenvalue weighted by Crippen LogP contribution is -2.27. The van der Waals surface area contributed by atoms with E-state index in [1.807, 2.05) is 6.92 Å². The molecule has 0 aliphatic carbocycles. The van der Waals surface area contributed by atoms with Crippen LogP contribution in [0.2, 0.25) is 0 Å². The fourth-order valence-corrected chi connectivity index (χ4v) is 0.552. The fraction of sp³-hybridized carbons (Fsp3) is 0.857. The van der Waals surface area contributed by atoms with E-state index in [0.29, 0.717) is 26.4 Å². The number of nitrogens with one attached hydrogen (secondary N) is 1. The van der Waals surface area contributed by atoms with E-state index < -0.39 is 0 Å². The van der Waals surface area contributed by atoms with Crippen LogP contribution in [-0.4, -0.2) is 32.5 Å². The summed E-state index contributed by atoms with van der Waals surface area (Å²) in [7, 11) is 0. The second-order valence-electron chi connectivity index (χ2n) is 1.84. The van der Waals surface area contributed by atoms with Gasteiger partial charge in [0.05, 0.1) is 13.2 Å². The van der Waals surface area contributed by atoms with Gasteiger partial charge >= 0.3 is 6.09 Å². The molecular formula is C7H15NO3. The van der Waals surface area contributed by atoms with Crippen molar-refractivity contribution in [2.24, 2.45) is 0 Å². The van der Waals surface area contributed by atoms with Crippen LogP contribution in [0, 0.1) is 0 Å². The summed E-state index contributed by atoms with van der Waals surface area (Å²) in [5.74, 6) is 0. The number of alkyl carbamates (subject to hydrolysis) is 1. The summed E-state index contributed by atoms with van der Waals surface area (Å²) in [6, 6.07) is 0. The van der Waals surface area contributed by atoms with E-state index in [1.165, 1.54) is 0 Å². The van der Waals surface area contributed by atoms with Gasteiger partial charge in [-0.1, -0.05) is 0 Å². The average molecular weight is 161 g/mol. The van der Waals surface area contributed by atoms with E-state index in [2.05, 4.69) is 10.1 Å². The molecule has 0 aromatic rings. The van der Waals surface area contributed by atoms with Crippen LogP contribution >= 0.6 is 0 Å². The maximum atomic E-state index is 10.6. The molecule has 4 heteroatoms. The molecule has 0 radical (unpaired) electrons. The topological polar surface area (TPSA) is 47.6 Å². The van der Waals surface area contributed by atoms with Crippen LogP contribution in [-0.2, 0) is 9.47 Å². The number of hydrogen-bond acceptors (Lipinski definition) is 3. The summed E-state index contributed by atoms with van der Waals surface area (Å²) in [6.07, 6.45) is -0.382. The summed E-state index contributed by atoms with van der Waals surface area (Å²) < 4.78 is 9.61. The average Bonchev–Trinajstić information content (AvgIpc) is 1.99. The lowest BCUT2D eigenvalue weighted by atomic mass is 10.7. The molecule has 66 valence electrons. The number of ether oxygens (including phenoxy) is 2. The summed E-state index contributed by atoms with van der Waals surface area (Å²) in [4.78, 5) is 10.6. The minimum Gasteiger partial charge on any atom is -0.450 e. The molecule has 0 bridgehead atoms. The van der Waals surface area contributed by atoms with Crippen molar-refractivity contribution in [1.29, 1.82) is 0 Å². The zero-order valence-electron chi connectivity index (χ0n) is 7.05. The van der Waals surface area contributed by atoms with E-state index in [9.17, 15) is 4.79 Å². The predicted molar refractivity (Wildman–Crippen MR) is 41.5 cm³/mol. The van der Waals surface area contributed by atoms with Crippen molar-refractivity contribution in [3.8, 4) is 0 Å². The van der Waals surface area contributed by atoms with Crippen molar-refractivity contribution in [1.82, 2.24) is 5.32 Å². The molecule has 1 amide bonds. The van der Waals surface area contributed by atoms with Crippen LogP contribution < -0.4 is 5.32 Å². The zero-order chi connectivity index (χ0) is 8.53. The van der Waals surface area contributed by atoms with E-state index in [-0.39, 0.29) is 6.09 Å². The minimum absolute atomic E-state index is 0.382. The van der Waals surface area contributed by atoms with Crippen LogP contribution in [0.25, 0.3) is 0 Å². The molecule has 1 N–H and O–H groups in total. The molecule has 11 heavy (non-hydrogen) atoms. The van der Waals surface area contributed by atoms with Gasteiger partial charge in [0.2, 0.25) is 0 Å². The van der Waals surface area contributed by atoms with Crippen molar-refractivity contribution in [3.63, 3.8) is 0 Å². The van der Waals surface area contributed by atoms with E-state index in [0.717, 1.165) is 0 Å². The van der Waals surface area contributed by atoms with E-state index >= 15 is 0 Å².